The number of thiophene rings is 2. The number of imidazole rings is 1. The molecule has 4 aromatic heterocycles. The smallest absolute Gasteiger partial charge is 0.170 e. The molecule has 1 N–H and O–H groups in total. The second-order valence-electron chi connectivity index (χ2n) is 8.66. The Hall–Kier alpha value is -2.81. The van der Waals surface area contributed by atoms with Crippen LogP contribution >= 0.6 is 22.7 Å². The van der Waals surface area contributed by atoms with Crippen LogP contribution in [0, 0.1) is 0 Å². The molecule has 5 rings (SSSR count). The predicted molar refractivity (Wildman–Crippen MR) is 141 cm³/mol. The average molecular weight is 477 g/mol. The van der Waals surface area contributed by atoms with E-state index in [4.69, 9.17) is 15.0 Å². The van der Waals surface area contributed by atoms with Gasteiger partial charge in [-0.2, -0.15) is 11.3 Å². The van der Waals surface area contributed by atoms with Gasteiger partial charge in [-0.05, 0) is 45.2 Å². The van der Waals surface area contributed by atoms with Crippen LogP contribution in [0.25, 0.3) is 38.3 Å². The van der Waals surface area contributed by atoms with Crippen molar-refractivity contribution >= 4 is 49.7 Å². The fourth-order valence-electron chi connectivity index (χ4n) is 4.29. The topological polar surface area (TPSA) is 58.9 Å². The van der Waals surface area contributed by atoms with Crippen LogP contribution in [0.15, 0.2) is 52.8 Å². The van der Waals surface area contributed by atoms with Crippen molar-refractivity contribution in [2.75, 3.05) is 18.4 Å². The standard InChI is InChI=1S/C25H28N6S2/c1-16(2)30(17(3)4)11-10-26-24-22-25(31(15-27-22)18-9-12-32-13-18)29-23(28-24)20-14-33-21-8-6-5-7-19(20)21/h5-9,12-17H,10-11H2,1-4H3,(H,26,28,29). The minimum atomic E-state index is 0.489. The molecule has 0 atom stereocenters. The second kappa shape index (κ2) is 9.21. The minimum Gasteiger partial charge on any atom is -0.367 e. The average Bonchev–Trinajstić information content (AvgIpc) is 3.54. The summed E-state index contributed by atoms with van der Waals surface area (Å²) in [5.74, 6) is 1.51. The number of anilines is 1. The van der Waals surface area contributed by atoms with E-state index in [0.717, 1.165) is 47.1 Å². The van der Waals surface area contributed by atoms with Gasteiger partial charge in [0.15, 0.2) is 22.8 Å². The number of hydrogen-bond acceptors (Lipinski definition) is 7. The van der Waals surface area contributed by atoms with Crippen molar-refractivity contribution in [2.24, 2.45) is 0 Å². The van der Waals surface area contributed by atoms with Crippen molar-refractivity contribution in [3.63, 3.8) is 0 Å². The monoisotopic (exact) mass is 476 g/mol. The van der Waals surface area contributed by atoms with E-state index in [1.54, 1.807) is 22.7 Å². The molecule has 0 aliphatic heterocycles. The van der Waals surface area contributed by atoms with Crippen molar-refractivity contribution in [2.45, 2.75) is 39.8 Å². The van der Waals surface area contributed by atoms with Gasteiger partial charge in [-0.1, -0.05) is 18.2 Å². The van der Waals surface area contributed by atoms with Gasteiger partial charge in [-0.15, -0.1) is 11.3 Å². The maximum atomic E-state index is 4.99. The third-order valence-corrected chi connectivity index (χ3v) is 7.53. The first kappa shape index (κ1) is 22.0. The van der Waals surface area contributed by atoms with Crippen LogP contribution in [-0.2, 0) is 0 Å². The Morgan fingerprint density at radius 2 is 1.85 bits per heavy atom. The molecule has 0 aliphatic carbocycles. The summed E-state index contributed by atoms with van der Waals surface area (Å²) in [5.41, 5.74) is 3.74. The molecule has 0 aliphatic rings. The maximum absolute atomic E-state index is 4.99. The lowest BCUT2D eigenvalue weighted by Crippen LogP contribution is -2.40. The van der Waals surface area contributed by atoms with Gasteiger partial charge in [-0.3, -0.25) is 9.47 Å². The van der Waals surface area contributed by atoms with E-state index >= 15 is 0 Å². The van der Waals surface area contributed by atoms with Crippen LogP contribution in [-0.4, -0.2) is 49.6 Å². The van der Waals surface area contributed by atoms with Crippen LogP contribution in [0.1, 0.15) is 27.7 Å². The van der Waals surface area contributed by atoms with E-state index in [1.165, 1.54) is 10.1 Å². The molecule has 0 saturated carbocycles. The normalized spacial score (nSPS) is 12.1. The molecule has 0 fully saturated rings. The molecule has 1 aromatic carbocycles. The van der Waals surface area contributed by atoms with Crippen LogP contribution < -0.4 is 5.32 Å². The molecular formula is C25H28N6S2. The van der Waals surface area contributed by atoms with Crippen LogP contribution in [0.2, 0.25) is 0 Å². The Morgan fingerprint density at radius 1 is 1.03 bits per heavy atom. The highest BCUT2D eigenvalue weighted by atomic mass is 32.1. The fraction of sp³-hybridized carbons (Fsp3) is 0.320. The Kier molecular flexibility index (Phi) is 6.14. The van der Waals surface area contributed by atoms with Crippen LogP contribution in [0.4, 0.5) is 5.82 Å². The lowest BCUT2D eigenvalue weighted by molar-refractivity contribution is 0.182. The third-order valence-electron chi connectivity index (χ3n) is 5.89. The number of hydrogen-bond donors (Lipinski definition) is 1. The molecule has 6 nitrogen and oxygen atoms in total. The number of fused-ring (bicyclic) bond motifs is 2. The molecule has 0 amide bonds. The lowest BCUT2D eigenvalue weighted by Gasteiger charge is -2.30. The minimum absolute atomic E-state index is 0.489. The predicted octanol–water partition coefficient (Wildman–Crippen LogP) is 6.29. The van der Waals surface area contributed by atoms with Gasteiger partial charge in [0.05, 0.1) is 5.69 Å². The molecule has 170 valence electrons. The number of aromatic nitrogens is 4. The summed E-state index contributed by atoms with van der Waals surface area (Å²) in [4.78, 5) is 17.1. The summed E-state index contributed by atoms with van der Waals surface area (Å²) in [6.45, 7) is 10.7. The molecule has 0 radical (unpaired) electrons. The zero-order chi connectivity index (χ0) is 22.9. The van der Waals surface area contributed by atoms with Gasteiger partial charge in [0.2, 0.25) is 0 Å². The molecule has 0 saturated heterocycles. The van der Waals surface area contributed by atoms with Crippen LogP contribution in [0.5, 0.6) is 0 Å². The third kappa shape index (κ3) is 4.26. The Morgan fingerprint density at radius 3 is 2.61 bits per heavy atom. The van der Waals surface area contributed by atoms with Gasteiger partial charge in [0, 0.05) is 51.6 Å². The zero-order valence-electron chi connectivity index (χ0n) is 19.3. The molecule has 0 bridgehead atoms. The number of benzene rings is 1. The quantitative estimate of drug-likeness (QED) is 0.285. The molecule has 4 heterocycles. The van der Waals surface area contributed by atoms with E-state index in [2.05, 4.69) is 84.4 Å². The summed E-state index contributed by atoms with van der Waals surface area (Å²) in [5, 5.41) is 11.1. The van der Waals surface area contributed by atoms with Gasteiger partial charge in [0.25, 0.3) is 0 Å². The highest BCUT2D eigenvalue weighted by Gasteiger charge is 2.18. The van der Waals surface area contributed by atoms with Gasteiger partial charge >= 0.3 is 0 Å². The number of nitrogens with zero attached hydrogens (tertiary/aromatic N) is 5. The largest absolute Gasteiger partial charge is 0.367 e. The van der Waals surface area contributed by atoms with E-state index in [0.29, 0.717) is 12.1 Å². The molecular weight excluding hydrogens is 448 g/mol. The van der Waals surface area contributed by atoms with Crippen molar-refractivity contribution < 1.29 is 0 Å². The molecule has 0 spiro atoms. The first-order chi connectivity index (χ1) is 16.0. The van der Waals surface area contributed by atoms with E-state index in [1.807, 2.05) is 10.9 Å². The van der Waals surface area contributed by atoms with E-state index < -0.39 is 0 Å². The van der Waals surface area contributed by atoms with Crippen molar-refractivity contribution in [3.8, 4) is 17.1 Å². The zero-order valence-corrected chi connectivity index (χ0v) is 21.0. The van der Waals surface area contributed by atoms with Crippen molar-refractivity contribution in [1.82, 2.24) is 24.4 Å². The number of nitrogens with one attached hydrogen (secondary N) is 1. The Balaban J connectivity index is 1.57. The second-order valence-corrected chi connectivity index (χ2v) is 10.4. The van der Waals surface area contributed by atoms with E-state index in [-0.39, 0.29) is 0 Å². The first-order valence-electron chi connectivity index (χ1n) is 11.3. The summed E-state index contributed by atoms with van der Waals surface area (Å²) >= 11 is 3.39. The van der Waals surface area contributed by atoms with E-state index in [9.17, 15) is 0 Å². The molecule has 0 unspecified atom stereocenters. The maximum Gasteiger partial charge on any atom is 0.170 e. The first-order valence-corrected chi connectivity index (χ1v) is 13.1. The summed E-state index contributed by atoms with van der Waals surface area (Å²) in [6, 6.07) is 11.5. The Labute approximate surface area is 201 Å². The van der Waals surface area contributed by atoms with Gasteiger partial charge < -0.3 is 5.32 Å². The SMILES string of the molecule is CC(C)N(CCNc1nc(-c2csc3ccccc23)nc2c1ncn2-c1ccsc1)C(C)C. The van der Waals surface area contributed by atoms with Gasteiger partial charge in [0.1, 0.15) is 6.33 Å². The number of rotatable bonds is 8. The van der Waals surface area contributed by atoms with Crippen molar-refractivity contribution in [1.29, 1.82) is 0 Å². The fourth-order valence-corrected chi connectivity index (χ4v) is 5.86. The highest BCUT2D eigenvalue weighted by molar-refractivity contribution is 7.17. The molecule has 5 aromatic rings. The highest BCUT2D eigenvalue weighted by Crippen LogP contribution is 2.34. The lowest BCUT2D eigenvalue weighted by atomic mass is 10.1. The van der Waals surface area contributed by atoms with Gasteiger partial charge in [-0.25, -0.2) is 15.0 Å². The molecule has 8 heteroatoms. The summed E-state index contributed by atoms with van der Waals surface area (Å²) < 4.78 is 3.28. The van der Waals surface area contributed by atoms with Crippen LogP contribution in [0.3, 0.4) is 0 Å². The Bertz CT molecular complexity index is 1360. The molecule has 33 heavy (non-hydrogen) atoms. The van der Waals surface area contributed by atoms with Crippen molar-refractivity contribution in [3.05, 3.63) is 52.8 Å². The summed E-state index contributed by atoms with van der Waals surface area (Å²) in [7, 11) is 0. The summed E-state index contributed by atoms with van der Waals surface area (Å²) in [6.07, 6.45) is 1.84.